The molecule has 0 radical (unpaired) electrons. The number of rotatable bonds is 4. The van der Waals surface area contributed by atoms with Crippen LogP contribution in [0.5, 0.6) is 0 Å². The van der Waals surface area contributed by atoms with E-state index in [1.807, 2.05) is 12.1 Å². The zero-order chi connectivity index (χ0) is 23.9. The Kier molecular flexibility index (Phi) is 4.90. The number of aromatic nitrogens is 7. The molecule has 1 saturated heterocycles. The van der Waals surface area contributed by atoms with Crippen molar-refractivity contribution in [1.82, 2.24) is 40.1 Å². The van der Waals surface area contributed by atoms with E-state index >= 15 is 0 Å². The van der Waals surface area contributed by atoms with E-state index in [9.17, 15) is 4.79 Å². The molecule has 1 aliphatic heterocycles. The molecule has 6 rings (SSSR count). The van der Waals surface area contributed by atoms with Gasteiger partial charge in [0.05, 0.1) is 16.9 Å². The van der Waals surface area contributed by atoms with Crippen LogP contribution in [0.4, 0.5) is 17.2 Å². The molecule has 1 aliphatic rings. The van der Waals surface area contributed by atoms with Gasteiger partial charge in [0.1, 0.15) is 18.2 Å². The van der Waals surface area contributed by atoms with E-state index < -0.39 is 0 Å². The van der Waals surface area contributed by atoms with E-state index in [4.69, 9.17) is 11.5 Å². The lowest BCUT2D eigenvalue weighted by Gasteiger charge is -2.34. The van der Waals surface area contributed by atoms with E-state index in [1.54, 1.807) is 29.0 Å². The van der Waals surface area contributed by atoms with Crippen molar-refractivity contribution in [3.63, 3.8) is 0 Å². The normalized spacial score (nSPS) is 16.1. The van der Waals surface area contributed by atoms with Gasteiger partial charge in [-0.15, -0.1) is 0 Å². The molecule has 1 fully saturated rings. The van der Waals surface area contributed by atoms with Crippen LogP contribution in [-0.4, -0.2) is 59.8 Å². The molecule has 0 spiro atoms. The summed E-state index contributed by atoms with van der Waals surface area (Å²) in [6.45, 7) is 1.42. The molecule has 1 aromatic carbocycles. The summed E-state index contributed by atoms with van der Waals surface area (Å²) < 4.78 is 1.76. The Morgan fingerprint density at radius 2 is 2.00 bits per heavy atom. The van der Waals surface area contributed by atoms with Crippen molar-refractivity contribution in [3.05, 3.63) is 55.0 Å². The highest BCUT2D eigenvalue weighted by Gasteiger charge is 2.27. The average Bonchev–Trinajstić information content (AvgIpc) is 3.47. The molecule has 0 unspecified atom stereocenters. The predicted octanol–water partition coefficient (Wildman–Crippen LogP) is 1.63. The number of nitrogens with one attached hydrogen (secondary N) is 2. The number of nitrogens with two attached hydrogens (primary N) is 2. The van der Waals surface area contributed by atoms with Crippen molar-refractivity contribution >= 4 is 39.5 Å². The third kappa shape index (κ3) is 3.64. The van der Waals surface area contributed by atoms with Crippen molar-refractivity contribution in [2.45, 2.75) is 18.9 Å². The molecule has 35 heavy (non-hydrogen) atoms. The first-order valence-electron chi connectivity index (χ1n) is 11.3. The van der Waals surface area contributed by atoms with E-state index in [1.165, 1.54) is 12.7 Å². The monoisotopic (exact) mass is 469 g/mol. The van der Waals surface area contributed by atoms with E-state index in [0.29, 0.717) is 34.6 Å². The molecule has 0 bridgehead atoms. The van der Waals surface area contributed by atoms with Crippen LogP contribution in [0.1, 0.15) is 23.3 Å². The van der Waals surface area contributed by atoms with Gasteiger partial charge in [0, 0.05) is 48.2 Å². The lowest BCUT2D eigenvalue weighted by Crippen LogP contribution is -2.48. The van der Waals surface area contributed by atoms with Crippen LogP contribution in [0.25, 0.3) is 27.7 Å². The lowest BCUT2D eigenvalue weighted by molar-refractivity contribution is 0.0929. The van der Waals surface area contributed by atoms with Crippen LogP contribution >= 0.6 is 0 Å². The fourth-order valence-corrected chi connectivity index (χ4v) is 4.70. The third-order valence-electron chi connectivity index (χ3n) is 6.32. The van der Waals surface area contributed by atoms with E-state index in [0.717, 1.165) is 41.8 Å². The number of anilines is 3. The number of amides is 1. The Morgan fingerprint density at radius 1 is 1.14 bits per heavy atom. The molecule has 1 atom stereocenters. The maximum absolute atomic E-state index is 13.1. The van der Waals surface area contributed by atoms with Crippen LogP contribution < -0.4 is 21.7 Å². The number of nitrogen functional groups attached to an aromatic ring is 2. The molecule has 4 aromatic heterocycles. The van der Waals surface area contributed by atoms with Gasteiger partial charge in [-0.2, -0.15) is 10.2 Å². The van der Waals surface area contributed by atoms with Crippen molar-refractivity contribution in [2.24, 2.45) is 0 Å². The number of piperidine rings is 1. The highest BCUT2D eigenvalue weighted by atomic mass is 16.2. The van der Waals surface area contributed by atoms with E-state index in [2.05, 4.69) is 40.5 Å². The summed E-state index contributed by atoms with van der Waals surface area (Å²) >= 11 is 0. The summed E-state index contributed by atoms with van der Waals surface area (Å²) in [6, 6.07) is 7.29. The van der Waals surface area contributed by atoms with E-state index in [-0.39, 0.29) is 11.9 Å². The second-order valence-electron chi connectivity index (χ2n) is 8.58. The number of hydrogen-bond donors (Lipinski definition) is 4. The summed E-state index contributed by atoms with van der Waals surface area (Å²) in [4.78, 5) is 27.8. The Morgan fingerprint density at radius 3 is 2.86 bits per heavy atom. The second-order valence-corrected chi connectivity index (χ2v) is 8.58. The number of benzene rings is 1. The fraction of sp³-hybridized carbons (Fsp3) is 0.217. The Bertz CT molecular complexity index is 1540. The molecule has 0 aliphatic carbocycles. The number of H-pyrrole nitrogens is 1. The molecular formula is C23H23N11O. The number of carbonyl (C=O) groups excluding carboxylic acids is 1. The molecule has 12 heteroatoms. The minimum Gasteiger partial charge on any atom is -0.399 e. The van der Waals surface area contributed by atoms with Crippen LogP contribution in [0.15, 0.2) is 49.3 Å². The van der Waals surface area contributed by atoms with Gasteiger partial charge >= 0.3 is 0 Å². The highest BCUT2D eigenvalue weighted by Crippen LogP contribution is 2.34. The summed E-state index contributed by atoms with van der Waals surface area (Å²) in [5.74, 6) is 0.144. The first-order valence-corrected chi connectivity index (χ1v) is 11.3. The molecule has 6 N–H and O–H groups in total. The van der Waals surface area contributed by atoms with Gasteiger partial charge < -0.3 is 21.7 Å². The van der Waals surface area contributed by atoms with Crippen LogP contribution in [0, 0.1) is 0 Å². The van der Waals surface area contributed by atoms with Gasteiger partial charge in [0.2, 0.25) is 0 Å². The third-order valence-corrected chi connectivity index (χ3v) is 6.32. The highest BCUT2D eigenvalue weighted by molar-refractivity contribution is 6.05. The van der Waals surface area contributed by atoms with Crippen molar-refractivity contribution < 1.29 is 4.79 Å². The summed E-state index contributed by atoms with van der Waals surface area (Å²) in [5.41, 5.74) is 17.1. The molecule has 5 heterocycles. The SMILES string of the molecule is Nc1ccc2[nH]nc(C(=O)N[C@@H]3CCCN(c4cc(-c5cncnc5)n5ncnc(N)c45)C3)c2c1. The largest absolute Gasteiger partial charge is 0.399 e. The second kappa shape index (κ2) is 8.24. The summed E-state index contributed by atoms with van der Waals surface area (Å²) in [5, 5.41) is 15.4. The van der Waals surface area contributed by atoms with Gasteiger partial charge in [-0.3, -0.25) is 9.89 Å². The maximum Gasteiger partial charge on any atom is 0.272 e. The summed E-state index contributed by atoms with van der Waals surface area (Å²) in [7, 11) is 0. The fourth-order valence-electron chi connectivity index (χ4n) is 4.70. The van der Waals surface area contributed by atoms with Crippen LogP contribution in [0.2, 0.25) is 0 Å². The van der Waals surface area contributed by atoms with Crippen molar-refractivity contribution in [2.75, 3.05) is 29.5 Å². The van der Waals surface area contributed by atoms with Crippen molar-refractivity contribution in [1.29, 1.82) is 0 Å². The Labute approximate surface area is 199 Å². The van der Waals surface area contributed by atoms with Crippen molar-refractivity contribution in [3.8, 4) is 11.3 Å². The van der Waals surface area contributed by atoms with Gasteiger partial charge in [0.15, 0.2) is 11.5 Å². The molecule has 5 aromatic rings. The number of fused-ring (bicyclic) bond motifs is 2. The molecule has 0 saturated carbocycles. The predicted molar refractivity (Wildman–Crippen MR) is 132 cm³/mol. The first kappa shape index (κ1) is 20.8. The minimum absolute atomic E-state index is 0.0756. The zero-order valence-corrected chi connectivity index (χ0v) is 18.7. The molecule has 1 amide bonds. The average molecular weight is 470 g/mol. The zero-order valence-electron chi connectivity index (χ0n) is 18.7. The lowest BCUT2D eigenvalue weighted by atomic mass is 10.0. The molecule has 12 nitrogen and oxygen atoms in total. The van der Waals surface area contributed by atoms with Gasteiger partial charge in [-0.1, -0.05) is 0 Å². The standard InChI is InChI=1S/C23H23N11O/c24-14-3-4-17-16(6-14)20(32-31-17)23(35)30-15-2-1-5-33(10-15)19-7-18(13-8-26-11-27-9-13)34-21(19)22(25)28-12-29-34/h3-4,6-9,11-12,15H,1-2,5,10,24H2,(H,30,35)(H,31,32)(H2,25,28,29)/t15-/m1/s1. The molecular weight excluding hydrogens is 446 g/mol. The molecule has 176 valence electrons. The van der Waals surface area contributed by atoms with Gasteiger partial charge in [-0.25, -0.2) is 19.5 Å². The topological polar surface area (TPSA) is 169 Å². The van der Waals surface area contributed by atoms with Crippen LogP contribution in [-0.2, 0) is 0 Å². The maximum atomic E-state index is 13.1. The van der Waals surface area contributed by atoms with Gasteiger partial charge in [-0.05, 0) is 37.1 Å². The number of hydrogen-bond acceptors (Lipinski definition) is 9. The smallest absolute Gasteiger partial charge is 0.272 e. The summed E-state index contributed by atoms with van der Waals surface area (Å²) in [6.07, 6.45) is 8.13. The van der Waals surface area contributed by atoms with Crippen LogP contribution in [0.3, 0.4) is 0 Å². The number of carbonyl (C=O) groups is 1. The van der Waals surface area contributed by atoms with Gasteiger partial charge in [0.25, 0.3) is 5.91 Å². The quantitative estimate of drug-likeness (QED) is 0.286. The Balaban J connectivity index is 1.30. The first-order chi connectivity index (χ1) is 17.1. The number of nitrogens with zero attached hydrogens (tertiary/aromatic N) is 7. The number of aromatic amines is 1. The minimum atomic E-state index is -0.236. The Hall–Kier alpha value is -4.74.